The molecule has 0 aliphatic carbocycles. The van der Waals surface area contributed by atoms with Crippen molar-refractivity contribution in [2.75, 3.05) is 20.4 Å². The van der Waals surface area contributed by atoms with Gasteiger partial charge >= 0.3 is 19.7 Å². The van der Waals surface area contributed by atoms with Gasteiger partial charge in [0, 0.05) is 0 Å². The molecule has 158 valence electrons. The SMILES string of the molecule is CCCCC(CC)COC(=O)C(C(C(=O)OC)C(CC)CCCC)[P+](C)=O. The first-order valence-corrected chi connectivity index (χ1v) is 12.3. The molecule has 0 rings (SSSR count). The van der Waals surface area contributed by atoms with E-state index in [2.05, 4.69) is 20.8 Å². The summed E-state index contributed by atoms with van der Waals surface area (Å²) in [7, 11) is -0.581. The first-order chi connectivity index (χ1) is 12.9. The van der Waals surface area contributed by atoms with Gasteiger partial charge < -0.3 is 9.47 Å². The second-order valence-electron chi connectivity index (χ2n) is 7.40. The third-order valence-electron chi connectivity index (χ3n) is 5.41. The molecule has 0 spiro atoms. The Bertz CT molecular complexity index is 452. The quantitative estimate of drug-likeness (QED) is 0.264. The fourth-order valence-electron chi connectivity index (χ4n) is 3.52. The lowest BCUT2D eigenvalue weighted by Gasteiger charge is -2.25. The number of rotatable bonds is 15. The Morgan fingerprint density at radius 2 is 1.52 bits per heavy atom. The van der Waals surface area contributed by atoms with E-state index in [9.17, 15) is 14.2 Å². The molecule has 0 heterocycles. The highest BCUT2D eigenvalue weighted by atomic mass is 31.1. The zero-order valence-electron chi connectivity index (χ0n) is 18.2. The smallest absolute Gasteiger partial charge is 0.359 e. The Labute approximate surface area is 166 Å². The van der Waals surface area contributed by atoms with Crippen LogP contribution in [-0.2, 0) is 23.6 Å². The standard InChI is InChI=1S/C21H40O5P/c1-7-11-13-16(9-3)15-26-21(23)19(27(6)24)18(20(22)25-5)17(10-4)14-12-8-2/h16-19H,7-15H2,1-6H3/q+1. The average Bonchev–Trinajstić information content (AvgIpc) is 2.66. The summed E-state index contributed by atoms with van der Waals surface area (Å²) in [5.74, 6) is -1.40. The fraction of sp³-hybridized carbons (Fsp3) is 0.905. The van der Waals surface area contributed by atoms with Gasteiger partial charge in [-0.3, -0.25) is 4.79 Å². The Morgan fingerprint density at radius 1 is 0.926 bits per heavy atom. The van der Waals surface area contributed by atoms with E-state index in [4.69, 9.17) is 9.47 Å². The molecule has 0 aromatic rings. The molecule has 0 fully saturated rings. The van der Waals surface area contributed by atoms with Crippen LogP contribution in [0.25, 0.3) is 0 Å². The van der Waals surface area contributed by atoms with Crippen LogP contribution in [0.5, 0.6) is 0 Å². The molecular formula is C21H40O5P+. The van der Waals surface area contributed by atoms with Crippen LogP contribution in [0.4, 0.5) is 0 Å². The summed E-state index contributed by atoms with van der Waals surface area (Å²) >= 11 is 0. The molecule has 0 radical (unpaired) electrons. The summed E-state index contributed by atoms with van der Waals surface area (Å²) in [4.78, 5) is 25.3. The highest BCUT2D eigenvalue weighted by Gasteiger charge is 2.50. The molecule has 0 amide bonds. The molecule has 5 nitrogen and oxygen atoms in total. The number of hydrogen-bond donors (Lipinski definition) is 0. The zero-order valence-corrected chi connectivity index (χ0v) is 19.1. The van der Waals surface area contributed by atoms with Crippen molar-refractivity contribution in [2.24, 2.45) is 17.8 Å². The van der Waals surface area contributed by atoms with Gasteiger partial charge in [0.25, 0.3) is 5.66 Å². The van der Waals surface area contributed by atoms with Gasteiger partial charge in [-0.15, -0.1) is 0 Å². The van der Waals surface area contributed by atoms with Crippen LogP contribution in [0.1, 0.15) is 79.1 Å². The van der Waals surface area contributed by atoms with Crippen molar-refractivity contribution in [3.05, 3.63) is 0 Å². The van der Waals surface area contributed by atoms with Crippen molar-refractivity contribution in [3.8, 4) is 0 Å². The molecule has 0 saturated heterocycles. The summed E-state index contributed by atoms with van der Waals surface area (Å²) in [5, 5.41) is 0. The van der Waals surface area contributed by atoms with E-state index in [0.717, 1.165) is 51.4 Å². The second kappa shape index (κ2) is 15.0. The number of ether oxygens (including phenoxy) is 2. The van der Waals surface area contributed by atoms with Crippen LogP contribution >= 0.6 is 7.80 Å². The topological polar surface area (TPSA) is 69.7 Å². The van der Waals surface area contributed by atoms with Gasteiger partial charge in [-0.25, -0.2) is 4.79 Å². The average molecular weight is 404 g/mol. The van der Waals surface area contributed by atoms with Gasteiger partial charge in [0.2, 0.25) is 0 Å². The maximum absolute atomic E-state index is 12.8. The van der Waals surface area contributed by atoms with Crippen LogP contribution in [-0.4, -0.2) is 38.0 Å². The molecule has 0 N–H and O–H groups in total. The summed E-state index contributed by atoms with van der Waals surface area (Å²) in [5.41, 5.74) is -0.932. The largest absolute Gasteiger partial charge is 0.469 e. The van der Waals surface area contributed by atoms with Crippen LogP contribution in [0.15, 0.2) is 0 Å². The highest BCUT2D eigenvalue weighted by Crippen LogP contribution is 2.38. The fourth-order valence-corrected chi connectivity index (χ4v) is 4.71. The van der Waals surface area contributed by atoms with Gasteiger partial charge in [-0.2, -0.15) is 0 Å². The third kappa shape index (κ3) is 9.19. The van der Waals surface area contributed by atoms with Gasteiger partial charge in [0.15, 0.2) is 0 Å². The maximum Gasteiger partial charge on any atom is 0.359 e. The van der Waals surface area contributed by atoms with E-state index in [1.165, 1.54) is 13.8 Å². The highest BCUT2D eigenvalue weighted by molar-refractivity contribution is 7.45. The first-order valence-electron chi connectivity index (χ1n) is 10.5. The van der Waals surface area contributed by atoms with E-state index in [1.54, 1.807) is 0 Å². The van der Waals surface area contributed by atoms with E-state index in [1.807, 2.05) is 6.92 Å². The van der Waals surface area contributed by atoms with Crippen LogP contribution in [0.2, 0.25) is 0 Å². The second-order valence-corrected chi connectivity index (χ2v) is 9.05. The zero-order chi connectivity index (χ0) is 20.8. The Morgan fingerprint density at radius 3 is 1.96 bits per heavy atom. The first kappa shape index (κ1) is 26.0. The number of methoxy groups -OCH3 is 1. The predicted molar refractivity (Wildman–Crippen MR) is 110 cm³/mol. The summed E-state index contributed by atoms with van der Waals surface area (Å²) in [6.07, 6.45) is 7.67. The van der Waals surface area contributed by atoms with Crippen LogP contribution in [0, 0.1) is 17.8 Å². The van der Waals surface area contributed by atoms with Crippen molar-refractivity contribution >= 4 is 19.7 Å². The van der Waals surface area contributed by atoms with E-state index < -0.39 is 31.3 Å². The minimum Gasteiger partial charge on any atom is -0.469 e. The molecular weight excluding hydrogens is 363 g/mol. The number of esters is 2. The van der Waals surface area contributed by atoms with E-state index in [-0.39, 0.29) is 5.92 Å². The molecule has 6 heteroatoms. The predicted octanol–water partition coefficient (Wildman–Crippen LogP) is 5.58. The normalized spacial score (nSPS) is 16.1. The minimum atomic E-state index is -1.91. The third-order valence-corrected chi connectivity index (χ3v) is 6.73. The number of carbonyl (C=O) groups is 2. The van der Waals surface area contributed by atoms with Gasteiger partial charge in [-0.05, 0) is 24.7 Å². The molecule has 0 bridgehead atoms. The molecule has 5 unspecified atom stereocenters. The summed E-state index contributed by atoms with van der Waals surface area (Å²) in [6, 6.07) is 0. The van der Waals surface area contributed by atoms with Crippen molar-refractivity contribution in [1.29, 1.82) is 0 Å². The number of unbranched alkanes of at least 4 members (excludes halogenated alkanes) is 2. The molecule has 0 aromatic carbocycles. The van der Waals surface area contributed by atoms with Gasteiger partial charge in [0.05, 0.1) is 13.7 Å². The Hall–Kier alpha value is -0.960. The Balaban J connectivity index is 5.35. The van der Waals surface area contributed by atoms with Crippen molar-refractivity contribution in [1.82, 2.24) is 0 Å². The van der Waals surface area contributed by atoms with Crippen molar-refractivity contribution < 1.29 is 23.6 Å². The lowest BCUT2D eigenvalue weighted by atomic mass is 9.83. The molecule has 27 heavy (non-hydrogen) atoms. The molecule has 0 aromatic heterocycles. The molecule has 0 saturated carbocycles. The number of carbonyl (C=O) groups excluding carboxylic acids is 2. The van der Waals surface area contributed by atoms with Crippen molar-refractivity contribution in [3.63, 3.8) is 0 Å². The molecule has 5 atom stereocenters. The molecule has 0 aliphatic rings. The van der Waals surface area contributed by atoms with Crippen LogP contribution in [0.3, 0.4) is 0 Å². The lowest BCUT2D eigenvalue weighted by Crippen LogP contribution is -2.40. The van der Waals surface area contributed by atoms with Crippen LogP contribution < -0.4 is 0 Å². The Kier molecular flexibility index (Phi) is 14.5. The van der Waals surface area contributed by atoms with E-state index in [0.29, 0.717) is 12.5 Å². The van der Waals surface area contributed by atoms with Gasteiger partial charge in [-0.1, -0.05) is 70.8 Å². The summed E-state index contributed by atoms with van der Waals surface area (Å²) < 4.78 is 23.0. The van der Waals surface area contributed by atoms with Gasteiger partial charge in [0.1, 0.15) is 12.6 Å². The monoisotopic (exact) mass is 403 g/mol. The lowest BCUT2D eigenvalue weighted by molar-refractivity contribution is -0.155. The van der Waals surface area contributed by atoms with E-state index >= 15 is 0 Å². The molecule has 0 aliphatic heterocycles. The maximum atomic E-state index is 12.8. The summed E-state index contributed by atoms with van der Waals surface area (Å²) in [6.45, 7) is 10.2. The number of hydrogen-bond acceptors (Lipinski definition) is 5. The van der Waals surface area contributed by atoms with Crippen molar-refractivity contribution in [2.45, 2.75) is 84.7 Å². The minimum absolute atomic E-state index is 0.0316.